The summed E-state index contributed by atoms with van der Waals surface area (Å²) in [7, 11) is 1.97. The highest BCUT2D eigenvalue weighted by Crippen LogP contribution is 2.25. The number of hydrogen-bond donors (Lipinski definition) is 1. The van der Waals surface area contributed by atoms with Crippen molar-refractivity contribution >= 4 is 10.9 Å². The van der Waals surface area contributed by atoms with E-state index in [1.807, 2.05) is 43.7 Å². The molecule has 2 aromatic heterocycles. The second-order valence-electron chi connectivity index (χ2n) is 5.08. The molecule has 0 bridgehead atoms. The Bertz CT molecular complexity index is 752. The largest absolute Gasteiger partial charge is 0.308 e. The number of fused-ring (bicyclic) bond motifs is 1. The molecule has 106 valence electrons. The SMILES string of the molecule is CCc1cccnc1C(NC)c1cnc2ccccc2c1. The number of nitrogens with zero attached hydrogens (tertiary/aromatic N) is 2. The Morgan fingerprint density at radius 3 is 2.76 bits per heavy atom. The zero-order valence-corrected chi connectivity index (χ0v) is 12.4. The van der Waals surface area contributed by atoms with Crippen molar-refractivity contribution in [3.63, 3.8) is 0 Å². The number of para-hydroxylation sites is 1. The molecule has 0 amide bonds. The number of benzene rings is 1. The van der Waals surface area contributed by atoms with Gasteiger partial charge in [-0.3, -0.25) is 9.97 Å². The molecule has 3 heteroatoms. The van der Waals surface area contributed by atoms with Gasteiger partial charge in [-0.2, -0.15) is 0 Å². The lowest BCUT2D eigenvalue weighted by atomic mass is 9.98. The fraction of sp³-hybridized carbons (Fsp3) is 0.222. The first kappa shape index (κ1) is 13.7. The molecule has 3 rings (SSSR count). The summed E-state index contributed by atoms with van der Waals surface area (Å²) in [5.74, 6) is 0. The van der Waals surface area contributed by atoms with Gasteiger partial charge in [0.2, 0.25) is 0 Å². The monoisotopic (exact) mass is 277 g/mol. The van der Waals surface area contributed by atoms with Crippen molar-refractivity contribution in [2.24, 2.45) is 0 Å². The zero-order valence-electron chi connectivity index (χ0n) is 12.4. The third-order valence-electron chi connectivity index (χ3n) is 3.81. The Kier molecular flexibility index (Phi) is 3.93. The standard InChI is InChI=1S/C18H19N3/c1-3-13-8-6-10-20-18(13)17(19-2)15-11-14-7-4-5-9-16(14)21-12-15/h4-12,17,19H,3H2,1-2H3. The first-order valence-electron chi connectivity index (χ1n) is 7.29. The lowest BCUT2D eigenvalue weighted by molar-refractivity contribution is 0.660. The highest BCUT2D eigenvalue weighted by molar-refractivity contribution is 5.78. The van der Waals surface area contributed by atoms with Crippen molar-refractivity contribution in [2.45, 2.75) is 19.4 Å². The maximum absolute atomic E-state index is 4.59. The van der Waals surface area contributed by atoms with Crippen LogP contribution in [-0.2, 0) is 6.42 Å². The fourth-order valence-corrected chi connectivity index (χ4v) is 2.72. The predicted molar refractivity (Wildman–Crippen MR) is 86.3 cm³/mol. The maximum atomic E-state index is 4.59. The van der Waals surface area contributed by atoms with E-state index in [-0.39, 0.29) is 6.04 Å². The topological polar surface area (TPSA) is 37.8 Å². The smallest absolute Gasteiger partial charge is 0.0766 e. The average molecular weight is 277 g/mol. The quantitative estimate of drug-likeness (QED) is 0.793. The van der Waals surface area contributed by atoms with Crippen molar-refractivity contribution in [3.05, 3.63) is 71.7 Å². The van der Waals surface area contributed by atoms with Crippen LogP contribution in [0.2, 0.25) is 0 Å². The second kappa shape index (κ2) is 6.02. The summed E-state index contributed by atoms with van der Waals surface area (Å²) < 4.78 is 0. The van der Waals surface area contributed by atoms with E-state index in [0.717, 1.165) is 28.6 Å². The number of rotatable bonds is 4. The molecule has 0 fully saturated rings. The molecule has 0 aliphatic rings. The Hall–Kier alpha value is -2.26. The molecule has 0 radical (unpaired) electrons. The summed E-state index contributed by atoms with van der Waals surface area (Å²) in [6, 6.07) is 14.6. The molecule has 3 nitrogen and oxygen atoms in total. The van der Waals surface area contributed by atoms with E-state index < -0.39 is 0 Å². The third kappa shape index (κ3) is 2.65. The first-order valence-corrected chi connectivity index (χ1v) is 7.29. The zero-order chi connectivity index (χ0) is 14.7. The second-order valence-corrected chi connectivity index (χ2v) is 5.08. The number of aromatic nitrogens is 2. The van der Waals surface area contributed by atoms with Gasteiger partial charge in [-0.25, -0.2) is 0 Å². The minimum atomic E-state index is 0.0678. The summed E-state index contributed by atoms with van der Waals surface area (Å²) in [5.41, 5.74) is 4.52. The first-order chi connectivity index (χ1) is 10.3. The molecule has 3 aromatic rings. The Labute approximate surface area is 125 Å². The Morgan fingerprint density at radius 2 is 1.95 bits per heavy atom. The maximum Gasteiger partial charge on any atom is 0.0766 e. The van der Waals surface area contributed by atoms with E-state index in [1.165, 1.54) is 5.56 Å². The van der Waals surface area contributed by atoms with E-state index >= 15 is 0 Å². The molecule has 1 N–H and O–H groups in total. The van der Waals surface area contributed by atoms with E-state index in [1.54, 1.807) is 0 Å². The van der Waals surface area contributed by atoms with Gasteiger partial charge in [0.25, 0.3) is 0 Å². The van der Waals surface area contributed by atoms with Crippen molar-refractivity contribution in [3.8, 4) is 0 Å². The lowest BCUT2D eigenvalue weighted by Gasteiger charge is -2.19. The normalized spacial score (nSPS) is 12.5. The van der Waals surface area contributed by atoms with Crippen LogP contribution >= 0.6 is 0 Å². The summed E-state index contributed by atoms with van der Waals surface area (Å²) in [5, 5.41) is 4.53. The molecule has 1 atom stereocenters. The molecule has 0 spiro atoms. The van der Waals surface area contributed by atoms with Gasteiger partial charge in [0.1, 0.15) is 0 Å². The van der Waals surface area contributed by atoms with Gasteiger partial charge in [-0.05, 0) is 42.8 Å². The number of pyridine rings is 2. The van der Waals surface area contributed by atoms with Crippen molar-refractivity contribution in [2.75, 3.05) is 7.05 Å². The molecule has 1 unspecified atom stereocenters. The van der Waals surface area contributed by atoms with Gasteiger partial charge < -0.3 is 5.32 Å². The molecule has 0 aliphatic heterocycles. The van der Waals surface area contributed by atoms with Gasteiger partial charge >= 0.3 is 0 Å². The summed E-state index contributed by atoms with van der Waals surface area (Å²) in [6.07, 6.45) is 4.77. The van der Waals surface area contributed by atoms with Crippen LogP contribution in [0.4, 0.5) is 0 Å². The van der Waals surface area contributed by atoms with Gasteiger partial charge in [0, 0.05) is 17.8 Å². The minimum absolute atomic E-state index is 0.0678. The number of nitrogens with one attached hydrogen (secondary N) is 1. The third-order valence-corrected chi connectivity index (χ3v) is 3.81. The van der Waals surface area contributed by atoms with Crippen LogP contribution in [0, 0.1) is 0 Å². The van der Waals surface area contributed by atoms with Crippen LogP contribution in [0.3, 0.4) is 0 Å². The molecule has 21 heavy (non-hydrogen) atoms. The van der Waals surface area contributed by atoms with E-state index in [9.17, 15) is 0 Å². The van der Waals surface area contributed by atoms with Crippen LogP contribution < -0.4 is 5.32 Å². The van der Waals surface area contributed by atoms with Crippen LogP contribution in [0.5, 0.6) is 0 Å². The molecular formula is C18H19N3. The van der Waals surface area contributed by atoms with Gasteiger partial charge in [-0.1, -0.05) is 31.2 Å². The van der Waals surface area contributed by atoms with Crippen LogP contribution in [0.25, 0.3) is 10.9 Å². The molecule has 2 heterocycles. The van der Waals surface area contributed by atoms with Crippen molar-refractivity contribution in [1.29, 1.82) is 0 Å². The van der Waals surface area contributed by atoms with Crippen molar-refractivity contribution < 1.29 is 0 Å². The molecule has 0 saturated carbocycles. The molecule has 1 aromatic carbocycles. The van der Waals surface area contributed by atoms with Crippen LogP contribution in [0.1, 0.15) is 29.8 Å². The van der Waals surface area contributed by atoms with E-state index in [0.29, 0.717) is 0 Å². The van der Waals surface area contributed by atoms with Gasteiger partial charge in [0.15, 0.2) is 0 Å². The highest BCUT2D eigenvalue weighted by atomic mass is 14.9. The van der Waals surface area contributed by atoms with E-state index in [4.69, 9.17) is 0 Å². The Balaban J connectivity index is 2.09. The highest BCUT2D eigenvalue weighted by Gasteiger charge is 2.17. The van der Waals surface area contributed by atoms with Crippen molar-refractivity contribution in [1.82, 2.24) is 15.3 Å². The van der Waals surface area contributed by atoms with Gasteiger partial charge in [0.05, 0.1) is 17.3 Å². The molecular weight excluding hydrogens is 258 g/mol. The fourth-order valence-electron chi connectivity index (χ4n) is 2.72. The van der Waals surface area contributed by atoms with E-state index in [2.05, 4.69) is 40.4 Å². The summed E-state index contributed by atoms with van der Waals surface area (Å²) in [6.45, 7) is 2.16. The van der Waals surface area contributed by atoms with Crippen LogP contribution in [0.15, 0.2) is 54.9 Å². The number of aryl methyl sites for hydroxylation is 1. The Morgan fingerprint density at radius 1 is 1.10 bits per heavy atom. The summed E-state index contributed by atoms with van der Waals surface area (Å²) in [4.78, 5) is 9.15. The lowest BCUT2D eigenvalue weighted by Crippen LogP contribution is -2.20. The molecule has 0 aliphatic carbocycles. The summed E-state index contributed by atoms with van der Waals surface area (Å²) >= 11 is 0. The number of hydrogen-bond acceptors (Lipinski definition) is 3. The minimum Gasteiger partial charge on any atom is -0.308 e. The molecule has 0 saturated heterocycles. The average Bonchev–Trinajstić information content (AvgIpc) is 2.56. The van der Waals surface area contributed by atoms with Crippen LogP contribution in [-0.4, -0.2) is 17.0 Å². The van der Waals surface area contributed by atoms with Gasteiger partial charge in [-0.15, -0.1) is 0 Å². The predicted octanol–water partition coefficient (Wildman–Crippen LogP) is 3.50.